The van der Waals surface area contributed by atoms with E-state index in [0.29, 0.717) is 13.2 Å². The SMILES string of the molecule is COCc1ccc(CN=C(N(C)C)N(C)C)cc1.I. The van der Waals surface area contributed by atoms with Crippen LogP contribution < -0.4 is 0 Å². The zero-order valence-corrected chi connectivity index (χ0v) is 14.7. The van der Waals surface area contributed by atoms with Gasteiger partial charge in [0.15, 0.2) is 5.96 Å². The number of guanidine groups is 1. The van der Waals surface area contributed by atoms with Gasteiger partial charge in [-0.25, -0.2) is 4.99 Å². The summed E-state index contributed by atoms with van der Waals surface area (Å²) in [6.45, 7) is 1.35. The standard InChI is InChI=1S/C14H23N3O.HI/c1-16(2)14(17(3)4)15-10-12-6-8-13(9-7-12)11-18-5;/h6-9H,10-11H2,1-5H3;1H. The highest BCUT2D eigenvalue weighted by molar-refractivity contribution is 14.0. The number of halogens is 1. The predicted octanol–water partition coefficient (Wildman–Crippen LogP) is 2.43. The first-order valence-corrected chi connectivity index (χ1v) is 6.00. The molecule has 0 saturated carbocycles. The molecule has 0 amide bonds. The highest BCUT2D eigenvalue weighted by Gasteiger charge is 2.03. The summed E-state index contributed by atoms with van der Waals surface area (Å²) in [6.07, 6.45) is 0. The number of ether oxygens (including phenoxy) is 1. The van der Waals surface area contributed by atoms with Crippen LogP contribution in [-0.4, -0.2) is 51.1 Å². The van der Waals surface area contributed by atoms with Crippen molar-refractivity contribution in [3.8, 4) is 0 Å². The van der Waals surface area contributed by atoms with Gasteiger partial charge in [-0.3, -0.25) is 0 Å². The smallest absolute Gasteiger partial charge is 0.195 e. The lowest BCUT2D eigenvalue weighted by Gasteiger charge is -2.22. The van der Waals surface area contributed by atoms with E-state index in [1.165, 1.54) is 11.1 Å². The van der Waals surface area contributed by atoms with Crippen LogP contribution in [0, 0.1) is 0 Å². The Kier molecular flexibility index (Phi) is 8.75. The molecule has 0 unspecified atom stereocenters. The Balaban J connectivity index is 0.00000324. The fourth-order valence-corrected chi connectivity index (χ4v) is 1.75. The zero-order valence-electron chi connectivity index (χ0n) is 12.4. The third-order valence-corrected chi connectivity index (χ3v) is 2.54. The quantitative estimate of drug-likeness (QED) is 0.458. The number of hydrogen-bond acceptors (Lipinski definition) is 2. The van der Waals surface area contributed by atoms with E-state index in [0.717, 1.165) is 5.96 Å². The van der Waals surface area contributed by atoms with Gasteiger partial charge in [0.1, 0.15) is 0 Å². The number of aliphatic imine (C=N–C) groups is 1. The van der Waals surface area contributed by atoms with Crippen molar-refractivity contribution in [2.24, 2.45) is 4.99 Å². The zero-order chi connectivity index (χ0) is 13.5. The number of nitrogens with zero attached hydrogens (tertiary/aromatic N) is 3. The lowest BCUT2D eigenvalue weighted by Crippen LogP contribution is -2.35. The summed E-state index contributed by atoms with van der Waals surface area (Å²) in [7, 11) is 9.71. The van der Waals surface area contributed by atoms with E-state index in [2.05, 4.69) is 29.3 Å². The molecular weight excluding hydrogens is 353 g/mol. The molecule has 0 aromatic heterocycles. The Bertz CT molecular complexity index is 378. The van der Waals surface area contributed by atoms with Crippen LogP contribution in [0.5, 0.6) is 0 Å². The monoisotopic (exact) mass is 377 g/mol. The van der Waals surface area contributed by atoms with E-state index in [1.54, 1.807) is 7.11 Å². The minimum Gasteiger partial charge on any atom is -0.380 e. The van der Waals surface area contributed by atoms with E-state index in [-0.39, 0.29) is 24.0 Å². The van der Waals surface area contributed by atoms with Crippen molar-refractivity contribution in [1.29, 1.82) is 0 Å². The van der Waals surface area contributed by atoms with Crippen LogP contribution in [0.2, 0.25) is 0 Å². The topological polar surface area (TPSA) is 28.1 Å². The summed E-state index contributed by atoms with van der Waals surface area (Å²) in [5.41, 5.74) is 2.39. The fraction of sp³-hybridized carbons (Fsp3) is 0.500. The Morgan fingerprint density at radius 2 is 1.47 bits per heavy atom. The lowest BCUT2D eigenvalue weighted by molar-refractivity contribution is 0.185. The molecule has 1 aromatic rings. The maximum atomic E-state index is 5.09. The van der Waals surface area contributed by atoms with Crippen molar-refractivity contribution < 1.29 is 4.74 Å². The Labute approximate surface area is 133 Å². The van der Waals surface area contributed by atoms with Gasteiger partial charge >= 0.3 is 0 Å². The molecule has 0 bridgehead atoms. The molecule has 0 atom stereocenters. The molecule has 0 radical (unpaired) electrons. The van der Waals surface area contributed by atoms with Crippen molar-refractivity contribution in [1.82, 2.24) is 9.80 Å². The molecule has 1 rings (SSSR count). The molecule has 0 N–H and O–H groups in total. The van der Waals surface area contributed by atoms with Gasteiger partial charge in [0.25, 0.3) is 0 Å². The van der Waals surface area contributed by atoms with Gasteiger partial charge in [-0.15, -0.1) is 24.0 Å². The van der Waals surface area contributed by atoms with Crippen LogP contribution in [-0.2, 0) is 17.9 Å². The number of methoxy groups -OCH3 is 1. The summed E-state index contributed by atoms with van der Waals surface area (Å²) in [6, 6.07) is 8.36. The molecular formula is C14H24IN3O. The second kappa shape index (κ2) is 9.14. The van der Waals surface area contributed by atoms with Crippen molar-refractivity contribution in [2.75, 3.05) is 35.3 Å². The minimum absolute atomic E-state index is 0. The largest absolute Gasteiger partial charge is 0.380 e. The maximum absolute atomic E-state index is 5.09. The second-order valence-corrected chi connectivity index (χ2v) is 4.65. The molecule has 0 heterocycles. The van der Waals surface area contributed by atoms with Crippen molar-refractivity contribution in [3.63, 3.8) is 0 Å². The van der Waals surface area contributed by atoms with Crippen LogP contribution >= 0.6 is 24.0 Å². The van der Waals surface area contributed by atoms with E-state index < -0.39 is 0 Å². The lowest BCUT2D eigenvalue weighted by atomic mass is 10.1. The van der Waals surface area contributed by atoms with Gasteiger partial charge in [-0.2, -0.15) is 0 Å². The van der Waals surface area contributed by atoms with Crippen LogP contribution in [0.15, 0.2) is 29.3 Å². The molecule has 0 aliphatic heterocycles. The molecule has 5 heteroatoms. The van der Waals surface area contributed by atoms with Crippen LogP contribution in [0.1, 0.15) is 11.1 Å². The minimum atomic E-state index is 0. The third kappa shape index (κ3) is 6.24. The van der Waals surface area contributed by atoms with E-state index in [1.807, 2.05) is 38.0 Å². The molecule has 4 nitrogen and oxygen atoms in total. The molecule has 19 heavy (non-hydrogen) atoms. The van der Waals surface area contributed by atoms with Crippen LogP contribution in [0.3, 0.4) is 0 Å². The van der Waals surface area contributed by atoms with E-state index in [9.17, 15) is 0 Å². The highest BCUT2D eigenvalue weighted by Crippen LogP contribution is 2.07. The van der Waals surface area contributed by atoms with Crippen molar-refractivity contribution in [3.05, 3.63) is 35.4 Å². The van der Waals surface area contributed by atoms with Gasteiger partial charge in [0.2, 0.25) is 0 Å². The van der Waals surface area contributed by atoms with Crippen molar-refractivity contribution in [2.45, 2.75) is 13.2 Å². The van der Waals surface area contributed by atoms with Crippen molar-refractivity contribution >= 4 is 29.9 Å². The molecule has 0 saturated heterocycles. The molecule has 0 aliphatic rings. The average molecular weight is 377 g/mol. The normalized spacial score (nSPS) is 9.53. The first kappa shape index (κ1) is 18.2. The summed E-state index contributed by atoms with van der Waals surface area (Å²) in [4.78, 5) is 8.63. The Hall–Kier alpha value is -0.820. The number of hydrogen-bond donors (Lipinski definition) is 0. The maximum Gasteiger partial charge on any atom is 0.195 e. The highest BCUT2D eigenvalue weighted by atomic mass is 127. The number of rotatable bonds is 4. The predicted molar refractivity (Wildman–Crippen MR) is 91.1 cm³/mol. The molecule has 0 aliphatic carbocycles. The fourth-order valence-electron chi connectivity index (χ4n) is 1.75. The average Bonchev–Trinajstić information content (AvgIpc) is 2.31. The second-order valence-electron chi connectivity index (χ2n) is 4.65. The van der Waals surface area contributed by atoms with Gasteiger partial charge in [0, 0.05) is 35.3 Å². The van der Waals surface area contributed by atoms with Gasteiger partial charge in [0.05, 0.1) is 13.2 Å². The van der Waals surface area contributed by atoms with Gasteiger partial charge in [-0.1, -0.05) is 24.3 Å². The first-order valence-electron chi connectivity index (χ1n) is 6.00. The molecule has 0 fully saturated rings. The van der Waals surface area contributed by atoms with Crippen LogP contribution in [0.25, 0.3) is 0 Å². The molecule has 0 spiro atoms. The number of benzene rings is 1. The Morgan fingerprint density at radius 1 is 1.00 bits per heavy atom. The van der Waals surface area contributed by atoms with E-state index in [4.69, 9.17) is 4.74 Å². The summed E-state index contributed by atoms with van der Waals surface area (Å²) >= 11 is 0. The molecule has 108 valence electrons. The van der Waals surface area contributed by atoms with Gasteiger partial charge in [-0.05, 0) is 11.1 Å². The summed E-state index contributed by atoms with van der Waals surface area (Å²) in [5, 5.41) is 0. The van der Waals surface area contributed by atoms with E-state index >= 15 is 0 Å². The summed E-state index contributed by atoms with van der Waals surface area (Å²) < 4.78 is 5.09. The Morgan fingerprint density at radius 3 is 1.89 bits per heavy atom. The first-order chi connectivity index (χ1) is 8.54. The van der Waals surface area contributed by atoms with Crippen LogP contribution in [0.4, 0.5) is 0 Å². The van der Waals surface area contributed by atoms with Gasteiger partial charge < -0.3 is 14.5 Å². The summed E-state index contributed by atoms with van der Waals surface area (Å²) in [5.74, 6) is 0.968. The molecule has 1 aromatic carbocycles. The third-order valence-electron chi connectivity index (χ3n) is 2.54.